The number of carbonyl (C=O) groups is 1. The fourth-order valence-electron chi connectivity index (χ4n) is 1.27. The van der Waals surface area contributed by atoms with Crippen molar-refractivity contribution in [3.8, 4) is 10.4 Å². The van der Waals surface area contributed by atoms with Crippen molar-refractivity contribution in [2.24, 2.45) is 0 Å². The predicted molar refractivity (Wildman–Crippen MR) is 67.2 cm³/mol. The van der Waals surface area contributed by atoms with Crippen LogP contribution in [0.15, 0.2) is 22.1 Å². The van der Waals surface area contributed by atoms with Crippen molar-refractivity contribution < 1.29 is 14.3 Å². The van der Waals surface area contributed by atoms with Crippen molar-refractivity contribution in [3.05, 3.63) is 38.6 Å². The predicted octanol–water partition coefficient (Wildman–Crippen LogP) is 4.06. The van der Waals surface area contributed by atoms with Gasteiger partial charge in [-0.3, -0.25) is 0 Å². The van der Waals surface area contributed by atoms with Crippen molar-refractivity contribution >= 4 is 44.8 Å². The Morgan fingerprint density at radius 3 is 2.82 bits per heavy atom. The Labute approximate surface area is 113 Å². The van der Waals surface area contributed by atoms with Crippen molar-refractivity contribution in [2.45, 2.75) is 0 Å². The van der Waals surface area contributed by atoms with Gasteiger partial charge in [0.2, 0.25) is 0 Å². The number of halogens is 3. The van der Waals surface area contributed by atoms with Crippen LogP contribution in [-0.4, -0.2) is 16.1 Å². The number of benzene rings is 1. The van der Waals surface area contributed by atoms with E-state index in [0.29, 0.717) is 14.4 Å². The van der Waals surface area contributed by atoms with Gasteiger partial charge in [0.15, 0.2) is 9.61 Å². The van der Waals surface area contributed by atoms with Crippen molar-refractivity contribution in [1.82, 2.24) is 4.98 Å². The molecule has 0 aliphatic carbocycles. The molecule has 0 atom stereocenters. The van der Waals surface area contributed by atoms with Gasteiger partial charge in [0, 0.05) is 0 Å². The number of aromatic carboxylic acids is 1. The average Bonchev–Trinajstić information content (AvgIpc) is 2.64. The summed E-state index contributed by atoms with van der Waals surface area (Å²) in [5, 5.41) is 8.96. The first-order valence-electron chi connectivity index (χ1n) is 4.34. The minimum absolute atomic E-state index is 0.00536. The van der Waals surface area contributed by atoms with E-state index in [4.69, 9.17) is 16.7 Å². The Kier molecular flexibility index (Phi) is 3.46. The molecule has 0 saturated carbocycles. The minimum atomic E-state index is -1.16. The van der Waals surface area contributed by atoms with Gasteiger partial charge in [-0.1, -0.05) is 17.7 Å². The zero-order chi connectivity index (χ0) is 12.6. The first-order valence-corrected chi connectivity index (χ1v) is 6.33. The molecule has 2 rings (SSSR count). The van der Waals surface area contributed by atoms with E-state index >= 15 is 0 Å². The molecular weight excluding hydrogens is 333 g/mol. The first kappa shape index (κ1) is 12.5. The highest BCUT2D eigenvalue weighted by Crippen LogP contribution is 2.34. The summed E-state index contributed by atoms with van der Waals surface area (Å²) in [6.07, 6.45) is 0. The molecule has 88 valence electrons. The van der Waals surface area contributed by atoms with Crippen LogP contribution in [0.3, 0.4) is 0 Å². The van der Waals surface area contributed by atoms with Gasteiger partial charge in [0.25, 0.3) is 0 Å². The average molecular weight is 337 g/mol. The molecule has 1 aromatic carbocycles. The highest BCUT2D eigenvalue weighted by Gasteiger charge is 2.18. The summed E-state index contributed by atoms with van der Waals surface area (Å²) in [5.74, 6) is -1.75. The minimum Gasteiger partial charge on any atom is -0.476 e. The third kappa shape index (κ3) is 2.48. The number of hydrogen-bond acceptors (Lipinski definition) is 3. The SMILES string of the molecule is O=C(O)c1nc(Br)sc1-c1ccc(Cl)c(F)c1. The van der Waals surface area contributed by atoms with Gasteiger partial charge in [-0.05, 0) is 33.6 Å². The summed E-state index contributed by atoms with van der Waals surface area (Å²) >= 11 is 9.79. The van der Waals surface area contributed by atoms with Gasteiger partial charge >= 0.3 is 5.97 Å². The van der Waals surface area contributed by atoms with Gasteiger partial charge in [0.1, 0.15) is 5.82 Å². The maximum atomic E-state index is 13.3. The first-order chi connectivity index (χ1) is 7.99. The quantitative estimate of drug-likeness (QED) is 0.899. The zero-order valence-electron chi connectivity index (χ0n) is 8.08. The van der Waals surface area contributed by atoms with E-state index in [-0.39, 0.29) is 10.7 Å². The van der Waals surface area contributed by atoms with E-state index in [1.807, 2.05) is 0 Å². The van der Waals surface area contributed by atoms with Crippen LogP contribution in [0, 0.1) is 5.82 Å². The Balaban J connectivity index is 2.59. The third-order valence-electron chi connectivity index (χ3n) is 1.99. The summed E-state index contributed by atoms with van der Waals surface area (Å²) in [6.45, 7) is 0. The second-order valence-corrected chi connectivity index (χ2v) is 5.76. The molecule has 0 amide bonds. The van der Waals surface area contributed by atoms with E-state index in [2.05, 4.69) is 20.9 Å². The highest BCUT2D eigenvalue weighted by molar-refractivity contribution is 9.11. The lowest BCUT2D eigenvalue weighted by atomic mass is 10.1. The standard InChI is InChI=1S/C10H4BrClFNO2S/c11-10-14-7(9(15)16)8(17-10)4-1-2-5(12)6(13)3-4/h1-3H,(H,15,16). The number of carboxylic acid groups (broad SMARTS) is 1. The number of thiazole rings is 1. The molecule has 1 aromatic heterocycles. The van der Waals surface area contributed by atoms with E-state index in [9.17, 15) is 9.18 Å². The van der Waals surface area contributed by atoms with Crippen LogP contribution in [0.4, 0.5) is 4.39 Å². The van der Waals surface area contributed by atoms with Crippen LogP contribution < -0.4 is 0 Å². The van der Waals surface area contributed by atoms with Gasteiger partial charge in [-0.2, -0.15) is 0 Å². The molecule has 0 spiro atoms. The Hall–Kier alpha value is -0.980. The lowest BCUT2D eigenvalue weighted by Crippen LogP contribution is -1.98. The fourth-order valence-corrected chi connectivity index (χ4v) is 2.83. The summed E-state index contributed by atoms with van der Waals surface area (Å²) < 4.78 is 13.7. The molecule has 2 aromatic rings. The number of hydrogen-bond donors (Lipinski definition) is 1. The highest BCUT2D eigenvalue weighted by atomic mass is 79.9. The van der Waals surface area contributed by atoms with Crippen LogP contribution in [-0.2, 0) is 0 Å². The number of carboxylic acids is 1. The van der Waals surface area contributed by atoms with E-state index in [1.165, 1.54) is 12.1 Å². The Morgan fingerprint density at radius 1 is 1.53 bits per heavy atom. The lowest BCUT2D eigenvalue weighted by molar-refractivity contribution is 0.0692. The molecule has 0 radical (unpaired) electrons. The van der Waals surface area contributed by atoms with Crippen LogP contribution in [0.2, 0.25) is 5.02 Å². The maximum Gasteiger partial charge on any atom is 0.356 e. The second kappa shape index (κ2) is 4.72. The van der Waals surface area contributed by atoms with Crippen molar-refractivity contribution in [2.75, 3.05) is 0 Å². The molecule has 17 heavy (non-hydrogen) atoms. The molecule has 0 bridgehead atoms. The van der Waals surface area contributed by atoms with E-state index in [0.717, 1.165) is 11.3 Å². The molecular formula is C10H4BrClFNO2S. The monoisotopic (exact) mass is 335 g/mol. The smallest absolute Gasteiger partial charge is 0.356 e. The molecule has 0 aliphatic rings. The molecule has 0 unspecified atom stereocenters. The zero-order valence-corrected chi connectivity index (χ0v) is 11.2. The third-order valence-corrected chi connectivity index (χ3v) is 3.85. The normalized spacial score (nSPS) is 10.5. The fraction of sp³-hybridized carbons (Fsp3) is 0. The summed E-state index contributed by atoms with van der Waals surface area (Å²) in [4.78, 5) is 15.2. The molecule has 0 saturated heterocycles. The van der Waals surface area contributed by atoms with Gasteiger partial charge in [-0.25, -0.2) is 14.2 Å². The van der Waals surface area contributed by atoms with Gasteiger partial charge in [-0.15, -0.1) is 11.3 Å². The Morgan fingerprint density at radius 2 is 2.24 bits per heavy atom. The molecule has 0 aliphatic heterocycles. The Bertz CT molecular complexity index is 602. The van der Waals surface area contributed by atoms with Crippen LogP contribution in [0.1, 0.15) is 10.5 Å². The summed E-state index contributed by atoms with van der Waals surface area (Å²) in [7, 11) is 0. The van der Waals surface area contributed by atoms with E-state index < -0.39 is 11.8 Å². The largest absolute Gasteiger partial charge is 0.476 e. The maximum absolute atomic E-state index is 13.3. The van der Waals surface area contributed by atoms with Crippen molar-refractivity contribution in [1.29, 1.82) is 0 Å². The van der Waals surface area contributed by atoms with Crippen LogP contribution in [0.5, 0.6) is 0 Å². The van der Waals surface area contributed by atoms with Gasteiger partial charge in [0.05, 0.1) is 9.90 Å². The number of nitrogens with zero attached hydrogens (tertiary/aromatic N) is 1. The molecule has 1 N–H and O–H groups in total. The van der Waals surface area contributed by atoms with Crippen LogP contribution in [0.25, 0.3) is 10.4 Å². The summed E-state index contributed by atoms with van der Waals surface area (Å²) in [6, 6.07) is 4.12. The van der Waals surface area contributed by atoms with Gasteiger partial charge < -0.3 is 5.11 Å². The van der Waals surface area contributed by atoms with Crippen LogP contribution >= 0.6 is 38.9 Å². The molecule has 3 nitrogen and oxygen atoms in total. The topological polar surface area (TPSA) is 50.2 Å². The number of aromatic nitrogens is 1. The molecule has 1 heterocycles. The van der Waals surface area contributed by atoms with E-state index in [1.54, 1.807) is 6.07 Å². The second-order valence-electron chi connectivity index (χ2n) is 3.08. The molecule has 0 fully saturated rings. The summed E-state index contributed by atoms with van der Waals surface area (Å²) in [5.41, 5.74) is 0.330. The lowest BCUT2D eigenvalue weighted by Gasteiger charge is -2.00. The number of rotatable bonds is 2. The molecule has 7 heteroatoms. The van der Waals surface area contributed by atoms with Crippen molar-refractivity contribution in [3.63, 3.8) is 0 Å².